The first kappa shape index (κ1) is 26.2. The highest BCUT2D eigenvalue weighted by atomic mass is 32.2. The van der Waals surface area contributed by atoms with E-state index in [2.05, 4.69) is 13.8 Å². The van der Waals surface area contributed by atoms with Crippen LogP contribution in [0.5, 0.6) is 5.75 Å². The van der Waals surface area contributed by atoms with Crippen LogP contribution in [0.15, 0.2) is 65.7 Å². The lowest BCUT2D eigenvalue weighted by molar-refractivity contribution is -0.122. The highest BCUT2D eigenvalue weighted by molar-refractivity contribution is 8.26. The third-order valence-corrected chi connectivity index (χ3v) is 7.72. The van der Waals surface area contributed by atoms with Gasteiger partial charge in [0.25, 0.3) is 5.91 Å². The number of benzene rings is 2. The predicted octanol–water partition coefficient (Wildman–Crippen LogP) is 7.36. The molecule has 5 nitrogen and oxygen atoms in total. The maximum atomic E-state index is 13.4. The van der Waals surface area contributed by atoms with Gasteiger partial charge in [-0.2, -0.15) is 5.10 Å². The third kappa shape index (κ3) is 6.08. The summed E-state index contributed by atoms with van der Waals surface area (Å²) in [7, 11) is 0. The van der Waals surface area contributed by atoms with Gasteiger partial charge in [0, 0.05) is 23.9 Å². The molecule has 1 aliphatic rings. The SMILES string of the molecule is CCCCC(CC)CN1C(=O)/C(=C\c2cn(-c3ccccc3)nc2-c2ccc(OCC)cc2)SC1=S. The highest BCUT2D eigenvalue weighted by Gasteiger charge is 2.33. The monoisotopic (exact) mass is 519 g/mol. The summed E-state index contributed by atoms with van der Waals surface area (Å²) < 4.78 is 8.10. The van der Waals surface area contributed by atoms with Crippen molar-refractivity contribution in [3.63, 3.8) is 0 Å². The first-order valence-corrected chi connectivity index (χ1v) is 13.9. The maximum Gasteiger partial charge on any atom is 0.266 e. The van der Waals surface area contributed by atoms with Crippen LogP contribution in [0.4, 0.5) is 0 Å². The van der Waals surface area contributed by atoms with Gasteiger partial charge >= 0.3 is 0 Å². The number of nitrogens with zero attached hydrogens (tertiary/aromatic N) is 3. The van der Waals surface area contributed by atoms with E-state index in [0.717, 1.165) is 47.5 Å². The Morgan fingerprint density at radius 2 is 1.83 bits per heavy atom. The Labute approximate surface area is 223 Å². The maximum absolute atomic E-state index is 13.4. The average Bonchev–Trinajstić information content (AvgIpc) is 3.44. The number of carbonyl (C=O) groups excluding carboxylic acids is 1. The highest BCUT2D eigenvalue weighted by Crippen LogP contribution is 2.36. The number of para-hydroxylation sites is 1. The fourth-order valence-electron chi connectivity index (χ4n) is 4.28. The van der Waals surface area contributed by atoms with E-state index in [1.165, 1.54) is 18.2 Å². The summed E-state index contributed by atoms with van der Waals surface area (Å²) in [5.74, 6) is 1.27. The number of aromatic nitrogens is 2. The van der Waals surface area contributed by atoms with Gasteiger partial charge in [-0.15, -0.1) is 0 Å². The molecule has 36 heavy (non-hydrogen) atoms. The zero-order valence-electron chi connectivity index (χ0n) is 21.1. The van der Waals surface area contributed by atoms with Crippen LogP contribution in [0.2, 0.25) is 0 Å². The fourth-order valence-corrected chi connectivity index (χ4v) is 5.55. The standard InChI is InChI=1S/C29H33N3O2S2/c1-4-7-11-21(5-2)19-31-28(33)26(36-29(31)35)18-23-20-32(24-12-9-8-10-13-24)30-27(23)22-14-16-25(17-15-22)34-6-3/h8-10,12-18,20-21H,4-7,11,19H2,1-3H3/b26-18+. The molecule has 0 aliphatic carbocycles. The molecule has 0 saturated carbocycles. The molecule has 0 bridgehead atoms. The predicted molar refractivity (Wildman–Crippen MR) is 153 cm³/mol. The van der Waals surface area contributed by atoms with Crippen molar-refractivity contribution in [3.8, 4) is 22.7 Å². The Morgan fingerprint density at radius 3 is 2.50 bits per heavy atom. The summed E-state index contributed by atoms with van der Waals surface area (Å²) in [6.07, 6.45) is 8.41. The second-order valence-electron chi connectivity index (χ2n) is 8.88. The second kappa shape index (κ2) is 12.4. The Morgan fingerprint density at radius 1 is 1.08 bits per heavy atom. The van der Waals surface area contributed by atoms with Crippen LogP contribution in [0.1, 0.15) is 52.0 Å². The molecular formula is C29H33N3O2S2. The summed E-state index contributed by atoms with van der Waals surface area (Å²) in [5, 5.41) is 4.89. The van der Waals surface area contributed by atoms with Crippen LogP contribution in [0.25, 0.3) is 23.0 Å². The van der Waals surface area contributed by atoms with E-state index in [-0.39, 0.29) is 5.91 Å². The summed E-state index contributed by atoms with van der Waals surface area (Å²) in [6, 6.07) is 17.9. The van der Waals surface area contributed by atoms with Crippen molar-refractivity contribution in [1.29, 1.82) is 0 Å². The lowest BCUT2D eigenvalue weighted by Crippen LogP contribution is -2.33. The van der Waals surface area contributed by atoms with Gasteiger partial charge in [-0.1, -0.05) is 75.3 Å². The van der Waals surface area contributed by atoms with Crippen molar-refractivity contribution < 1.29 is 9.53 Å². The van der Waals surface area contributed by atoms with Crippen LogP contribution in [0, 0.1) is 5.92 Å². The first-order valence-electron chi connectivity index (χ1n) is 12.7. The van der Waals surface area contributed by atoms with Gasteiger partial charge in [-0.3, -0.25) is 9.69 Å². The molecule has 3 aromatic rings. The van der Waals surface area contributed by atoms with Gasteiger partial charge < -0.3 is 4.74 Å². The number of unbranched alkanes of at least 4 members (excludes halogenated alkanes) is 1. The molecule has 1 fully saturated rings. The fraction of sp³-hybridized carbons (Fsp3) is 0.345. The molecule has 1 amide bonds. The molecule has 0 N–H and O–H groups in total. The molecular weight excluding hydrogens is 486 g/mol. The molecule has 1 saturated heterocycles. The zero-order valence-corrected chi connectivity index (χ0v) is 22.8. The van der Waals surface area contributed by atoms with Crippen LogP contribution in [-0.4, -0.2) is 38.1 Å². The Hall–Kier alpha value is -2.90. The quantitative estimate of drug-likeness (QED) is 0.196. The van der Waals surface area contributed by atoms with Crippen molar-refractivity contribution in [3.05, 3.63) is 71.3 Å². The van der Waals surface area contributed by atoms with Gasteiger partial charge in [0.05, 0.1) is 22.9 Å². The molecule has 7 heteroatoms. The van der Waals surface area contributed by atoms with E-state index in [9.17, 15) is 4.79 Å². The average molecular weight is 520 g/mol. The number of hydrogen-bond acceptors (Lipinski definition) is 5. The lowest BCUT2D eigenvalue weighted by atomic mass is 9.99. The number of amides is 1. The minimum atomic E-state index is -0.00921. The number of carbonyl (C=O) groups is 1. The molecule has 4 rings (SSSR count). The summed E-state index contributed by atoms with van der Waals surface area (Å²) in [4.78, 5) is 15.8. The molecule has 1 atom stereocenters. The number of hydrogen-bond donors (Lipinski definition) is 0. The first-order chi connectivity index (χ1) is 17.5. The van der Waals surface area contributed by atoms with Crippen molar-refractivity contribution >= 4 is 40.3 Å². The van der Waals surface area contributed by atoms with Crippen LogP contribution in [-0.2, 0) is 4.79 Å². The summed E-state index contributed by atoms with van der Waals surface area (Å²) in [6.45, 7) is 7.66. The Kier molecular flexibility index (Phi) is 8.99. The van der Waals surface area contributed by atoms with Gasteiger partial charge in [-0.25, -0.2) is 4.68 Å². The molecule has 188 valence electrons. The normalized spacial score (nSPS) is 15.6. The number of rotatable bonds is 11. The minimum Gasteiger partial charge on any atom is -0.494 e. The van der Waals surface area contributed by atoms with E-state index in [4.69, 9.17) is 22.1 Å². The third-order valence-electron chi connectivity index (χ3n) is 6.35. The van der Waals surface area contributed by atoms with E-state index < -0.39 is 0 Å². The Balaban J connectivity index is 1.67. The molecule has 1 unspecified atom stereocenters. The number of thioether (sulfide) groups is 1. The van der Waals surface area contributed by atoms with Gasteiger partial charge in [-0.05, 0) is 61.7 Å². The largest absolute Gasteiger partial charge is 0.494 e. The molecule has 1 aliphatic heterocycles. The van der Waals surface area contributed by atoms with Crippen molar-refractivity contribution in [2.24, 2.45) is 5.92 Å². The number of ether oxygens (including phenoxy) is 1. The molecule has 2 aromatic carbocycles. The van der Waals surface area contributed by atoms with Gasteiger partial charge in [0.1, 0.15) is 10.1 Å². The van der Waals surface area contributed by atoms with E-state index >= 15 is 0 Å². The molecule has 0 spiro atoms. The minimum absolute atomic E-state index is 0.00921. The van der Waals surface area contributed by atoms with Crippen LogP contribution in [0.3, 0.4) is 0 Å². The van der Waals surface area contributed by atoms with Crippen molar-refractivity contribution in [2.45, 2.75) is 46.5 Å². The zero-order chi connectivity index (χ0) is 25.5. The molecule has 1 aromatic heterocycles. The topological polar surface area (TPSA) is 47.4 Å². The van der Waals surface area contributed by atoms with Crippen LogP contribution >= 0.6 is 24.0 Å². The summed E-state index contributed by atoms with van der Waals surface area (Å²) in [5.41, 5.74) is 3.60. The molecule has 2 heterocycles. The van der Waals surface area contributed by atoms with Gasteiger partial charge in [0.15, 0.2) is 0 Å². The van der Waals surface area contributed by atoms with Crippen LogP contribution < -0.4 is 4.74 Å². The van der Waals surface area contributed by atoms with E-state index in [1.807, 2.05) is 78.5 Å². The second-order valence-corrected chi connectivity index (χ2v) is 10.6. The van der Waals surface area contributed by atoms with Crippen molar-refractivity contribution in [1.82, 2.24) is 14.7 Å². The van der Waals surface area contributed by atoms with Crippen molar-refractivity contribution in [2.75, 3.05) is 13.2 Å². The smallest absolute Gasteiger partial charge is 0.266 e. The number of thiocarbonyl (C=S) groups is 1. The lowest BCUT2D eigenvalue weighted by Gasteiger charge is -2.21. The molecule has 0 radical (unpaired) electrons. The van der Waals surface area contributed by atoms with E-state index in [1.54, 1.807) is 4.90 Å². The van der Waals surface area contributed by atoms with E-state index in [0.29, 0.717) is 28.3 Å². The Bertz CT molecular complexity index is 1220. The van der Waals surface area contributed by atoms with Gasteiger partial charge in [0.2, 0.25) is 0 Å². The summed E-state index contributed by atoms with van der Waals surface area (Å²) >= 11 is 7.01.